The van der Waals surface area contributed by atoms with Crippen LogP contribution in [0.3, 0.4) is 0 Å². The lowest BCUT2D eigenvalue weighted by Gasteiger charge is -2.03. The highest BCUT2D eigenvalue weighted by Crippen LogP contribution is 2.25. The molecule has 1 atom stereocenters. The summed E-state index contributed by atoms with van der Waals surface area (Å²) >= 11 is 5.29. The Morgan fingerprint density at radius 1 is 1.27 bits per heavy atom. The predicted molar refractivity (Wildman–Crippen MR) is 91.1 cm³/mol. The van der Waals surface area contributed by atoms with Gasteiger partial charge < -0.3 is 10.1 Å². The fourth-order valence-electron chi connectivity index (χ4n) is 1.82. The van der Waals surface area contributed by atoms with Gasteiger partial charge in [-0.05, 0) is 35.8 Å². The lowest BCUT2D eigenvalue weighted by Crippen LogP contribution is -2.19. The van der Waals surface area contributed by atoms with Gasteiger partial charge in [0.2, 0.25) is 5.91 Å². The van der Waals surface area contributed by atoms with Gasteiger partial charge in [0.15, 0.2) is 0 Å². The first-order chi connectivity index (χ1) is 10.5. The molecular weight excluding hydrogens is 318 g/mol. The number of esters is 1. The number of carbonyl (C=O) groups excluding carboxylic acids is 2. The largest absolute Gasteiger partial charge is 0.465 e. The summed E-state index contributed by atoms with van der Waals surface area (Å²) in [5.74, 6) is -0.727. The number of amides is 1. The Kier molecular flexibility index (Phi) is 5.41. The van der Waals surface area contributed by atoms with Gasteiger partial charge in [0.25, 0.3) is 0 Å². The van der Waals surface area contributed by atoms with E-state index in [1.54, 1.807) is 19.1 Å². The van der Waals surface area contributed by atoms with Crippen molar-refractivity contribution in [2.45, 2.75) is 6.92 Å². The topological polar surface area (TPSA) is 55.4 Å². The molecule has 114 valence electrons. The number of carbonyl (C=O) groups is 2. The van der Waals surface area contributed by atoms with Crippen LogP contribution in [0.4, 0.5) is 0 Å². The van der Waals surface area contributed by atoms with Crippen LogP contribution in [0.5, 0.6) is 0 Å². The minimum absolute atomic E-state index is 0.271. The zero-order valence-corrected chi connectivity index (χ0v) is 13.8. The third-order valence-corrected chi connectivity index (χ3v) is 5.75. The molecule has 0 aromatic heterocycles. The first-order valence-corrected chi connectivity index (χ1v) is 8.64. The van der Waals surface area contributed by atoms with E-state index in [0.29, 0.717) is 10.6 Å². The van der Waals surface area contributed by atoms with E-state index < -0.39 is 15.4 Å². The van der Waals surface area contributed by atoms with E-state index in [9.17, 15) is 9.59 Å². The van der Waals surface area contributed by atoms with Crippen molar-refractivity contribution in [3.8, 4) is 0 Å². The molecule has 0 radical (unpaired) electrons. The van der Waals surface area contributed by atoms with Crippen molar-refractivity contribution in [2.24, 2.45) is 0 Å². The lowest BCUT2D eigenvalue weighted by molar-refractivity contribution is -0.135. The SMILES string of the molecule is COC(=O)C1=CC(NC(=O)C=Cc2ccccc2)=C(C)S1=S. The van der Waals surface area contributed by atoms with E-state index in [-0.39, 0.29) is 5.91 Å². The van der Waals surface area contributed by atoms with Crippen molar-refractivity contribution in [2.75, 3.05) is 7.11 Å². The molecular formula is C16H15NO3S2. The van der Waals surface area contributed by atoms with Crippen molar-refractivity contribution in [3.63, 3.8) is 0 Å². The molecule has 6 heteroatoms. The molecule has 1 aliphatic rings. The van der Waals surface area contributed by atoms with Gasteiger partial charge in [-0.1, -0.05) is 39.8 Å². The maximum absolute atomic E-state index is 12.0. The monoisotopic (exact) mass is 333 g/mol. The molecule has 1 aromatic carbocycles. The van der Waals surface area contributed by atoms with E-state index in [2.05, 4.69) is 5.32 Å². The highest BCUT2D eigenvalue weighted by Gasteiger charge is 2.24. The molecule has 0 aliphatic carbocycles. The Bertz CT molecular complexity index is 718. The fourth-order valence-corrected chi connectivity index (χ4v) is 3.54. The fraction of sp³-hybridized carbons (Fsp3) is 0.125. The summed E-state index contributed by atoms with van der Waals surface area (Å²) < 4.78 is 4.69. The molecule has 0 fully saturated rings. The van der Waals surface area contributed by atoms with Gasteiger partial charge in [-0.15, -0.1) is 0 Å². The summed E-state index contributed by atoms with van der Waals surface area (Å²) in [6, 6.07) is 9.51. The zero-order valence-electron chi connectivity index (χ0n) is 12.2. The number of rotatable bonds is 4. The number of allylic oxidation sites excluding steroid dienone is 2. The van der Waals surface area contributed by atoms with E-state index in [1.165, 1.54) is 13.2 Å². The van der Waals surface area contributed by atoms with E-state index in [0.717, 1.165) is 10.5 Å². The molecule has 1 aliphatic heterocycles. The lowest BCUT2D eigenvalue weighted by atomic mass is 10.2. The second-order valence-electron chi connectivity index (χ2n) is 4.47. The van der Waals surface area contributed by atoms with Crippen LogP contribution >= 0.6 is 0 Å². The minimum atomic E-state index is -0.761. The molecule has 1 unspecified atom stereocenters. The Hall–Kier alpha value is -2.05. The molecule has 0 spiro atoms. The molecule has 4 nitrogen and oxygen atoms in total. The first kappa shape index (κ1) is 16.3. The summed E-state index contributed by atoms with van der Waals surface area (Å²) in [6.07, 6.45) is 4.76. The molecule has 0 saturated heterocycles. The van der Waals surface area contributed by atoms with Crippen LogP contribution in [0, 0.1) is 0 Å². The number of nitrogens with one attached hydrogen (secondary N) is 1. The average molecular weight is 333 g/mol. The van der Waals surface area contributed by atoms with Crippen molar-refractivity contribution >= 4 is 38.6 Å². The zero-order chi connectivity index (χ0) is 16.1. The van der Waals surface area contributed by atoms with E-state index >= 15 is 0 Å². The number of ether oxygens (including phenoxy) is 1. The quantitative estimate of drug-likeness (QED) is 0.678. The summed E-state index contributed by atoms with van der Waals surface area (Å²) in [5.41, 5.74) is 1.50. The van der Waals surface area contributed by atoms with E-state index in [1.807, 2.05) is 30.3 Å². The highest BCUT2D eigenvalue weighted by molar-refractivity contribution is 8.33. The van der Waals surface area contributed by atoms with E-state index in [4.69, 9.17) is 15.9 Å². The summed E-state index contributed by atoms with van der Waals surface area (Å²) in [5, 5.41) is 2.75. The molecule has 1 aromatic rings. The van der Waals surface area contributed by atoms with Crippen LogP contribution in [0.15, 0.2) is 58.0 Å². The highest BCUT2D eigenvalue weighted by atomic mass is 32.8. The van der Waals surface area contributed by atoms with Gasteiger partial charge in [0.05, 0.1) is 12.8 Å². The molecule has 1 amide bonds. The molecule has 0 bridgehead atoms. The van der Waals surface area contributed by atoms with Gasteiger partial charge >= 0.3 is 5.97 Å². The maximum atomic E-state index is 12.0. The third kappa shape index (κ3) is 3.78. The Morgan fingerprint density at radius 2 is 1.95 bits per heavy atom. The van der Waals surface area contributed by atoms with Gasteiger partial charge in [0.1, 0.15) is 4.91 Å². The van der Waals surface area contributed by atoms with Crippen LogP contribution in [-0.2, 0) is 35.0 Å². The first-order valence-electron chi connectivity index (χ1n) is 6.49. The van der Waals surface area contributed by atoms with Crippen LogP contribution in [0.2, 0.25) is 0 Å². The standard InChI is InChI=1S/C16H15NO3S2/c1-11-13(10-14(22(11)21)16(19)20-2)17-15(18)9-8-12-6-4-3-5-7-12/h3-10H,1-2H3,(H,17,18). The third-order valence-electron chi connectivity index (χ3n) is 3.00. The Balaban J connectivity index is 2.08. The minimum Gasteiger partial charge on any atom is -0.465 e. The summed E-state index contributed by atoms with van der Waals surface area (Å²) in [7, 11) is 0.549. The predicted octanol–water partition coefficient (Wildman–Crippen LogP) is 2.20. The van der Waals surface area contributed by atoms with Crippen LogP contribution < -0.4 is 5.32 Å². The van der Waals surface area contributed by atoms with Gasteiger partial charge in [-0.2, -0.15) is 0 Å². The van der Waals surface area contributed by atoms with Gasteiger partial charge in [-0.3, -0.25) is 4.79 Å². The molecule has 0 saturated carbocycles. The Morgan fingerprint density at radius 3 is 2.59 bits per heavy atom. The maximum Gasteiger partial charge on any atom is 0.345 e. The normalized spacial score (nSPS) is 17.5. The van der Waals surface area contributed by atoms with Crippen molar-refractivity contribution in [1.29, 1.82) is 0 Å². The number of benzene rings is 1. The van der Waals surface area contributed by atoms with Crippen molar-refractivity contribution < 1.29 is 14.3 Å². The molecule has 22 heavy (non-hydrogen) atoms. The molecule has 2 rings (SSSR count). The second-order valence-corrected chi connectivity index (χ2v) is 7.06. The van der Waals surface area contributed by atoms with Crippen LogP contribution in [0.1, 0.15) is 12.5 Å². The van der Waals surface area contributed by atoms with Crippen molar-refractivity contribution in [1.82, 2.24) is 5.32 Å². The molecule has 1 heterocycles. The van der Waals surface area contributed by atoms with Gasteiger partial charge in [-0.25, -0.2) is 4.79 Å². The summed E-state index contributed by atoms with van der Waals surface area (Å²) in [4.78, 5) is 24.8. The second kappa shape index (κ2) is 7.29. The Labute approximate surface area is 136 Å². The van der Waals surface area contributed by atoms with Crippen molar-refractivity contribution in [3.05, 3.63) is 63.6 Å². The molecule has 1 N–H and O–H groups in total. The van der Waals surface area contributed by atoms with Crippen LogP contribution in [0.25, 0.3) is 6.08 Å². The summed E-state index contributed by atoms with van der Waals surface area (Å²) in [6.45, 7) is 1.80. The van der Waals surface area contributed by atoms with Crippen LogP contribution in [-0.4, -0.2) is 19.0 Å². The number of methoxy groups -OCH3 is 1. The van der Waals surface area contributed by atoms with Gasteiger partial charge in [0, 0.05) is 11.0 Å². The number of hydrogen-bond acceptors (Lipinski definition) is 4. The number of hydrogen-bond donors (Lipinski definition) is 1. The smallest absolute Gasteiger partial charge is 0.345 e. The average Bonchev–Trinajstić information content (AvgIpc) is 2.81.